The molecule has 2 aliphatic rings. The highest BCUT2D eigenvalue weighted by atomic mass is 19.1. The molecule has 3 aromatic rings. The highest BCUT2D eigenvalue weighted by Gasteiger charge is 2.51. The first-order valence-electron chi connectivity index (χ1n) is 13.3. The molecule has 10 nitrogen and oxygen atoms in total. The zero-order chi connectivity index (χ0) is 28.9. The van der Waals surface area contributed by atoms with Gasteiger partial charge in [-0.1, -0.05) is 12.1 Å². The number of likely N-dealkylation sites (N-methyl/N-ethyl adjacent to an activating group) is 1. The standard InChI is InChI=1S/C25H29FN6O2.C4H9NO/c1-17-18(5-4-6-21(17)26)15-32-24(33)31(16-25(32)9-11-30(2)12-10-25)22-8-7-20(23(29-22)34-3)19-13-27-28-14-19;1-5(2)3-4-6/h4-8,13-14H,9-12,15-16H2,1-3H3,(H,27,28);4H,3H2,1-2H3. The number of carbonyl (C=O) groups excluding carboxylic acids is 2. The van der Waals surface area contributed by atoms with Crippen molar-refractivity contribution in [1.82, 2.24) is 29.9 Å². The second-order valence-electron chi connectivity index (χ2n) is 10.6. The van der Waals surface area contributed by atoms with Crippen molar-refractivity contribution in [3.8, 4) is 17.0 Å². The Bertz CT molecular complexity index is 1310. The van der Waals surface area contributed by atoms with E-state index in [2.05, 4.69) is 27.1 Å². The lowest BCUT2D eigenvalue weighted by Crippen LogP contribution is -2.53. The summed E-state index contributed by atoms with van der Waals surface area (Å²) in [6, 6.07) is 8.71. The van der Waals surface area contributed by atoms with Crippen molar-refractivity contribution in [1.29, 1.82) is 0 Å². The summed E-state index contributed by atoms with van der Waals surface area (Å²) >= 11 is 0. The number of hydrogen-bond donors (Lipinski definition) is 1. The number of nitrogens with one attached hydrogen (secondary N) is 1. The van der Waals surface area contributed by atoms with E-state index in [0.29, 0.717) is 36.9 Å². The van der Waals surface area contributed by atoms with Gasteiger partial charge in [0.1, 0.15) is 17.9 Å². The van der Waals surface area contributed by atoms with Gasteiger partial charge in [-0.25, -0.2) is 9.18 Å². The van der Waals surface area contributed by atoms with Crippen LogP contribution in [0.25, 0.3) is 11.1 Å². The molecule has 0 saturated carbocycles. The van der Waals surface area contributed by atoms with Crippen molar-refractivity contribution in [2.75, 3.05) is 59.3 Å². The van der Waals surface area contributed by atoms with Crippen molar-refractivity contribution in [3.63, 3.8) is 0 Å². The van der Waals surface area contributed by atoms with Crippen molar-refractivity contribution in [3.05, 3.63) is 59.7 Å². The number of likely N-dealkylation sites (tertiary alicyclic amines) is 1. The molecule has 2 saturated heterocycles. The largest absolute Gasteiger partial charge is 0.480 e. The van der Waals surface area contributed by atoms with E-state index in [9.17, 15) is 14.0 Å². The number of aromatic nitrogens is 3. The zero-order valence-electron chi connectivity index (χ0n) is 23.9. The average Bonchev–Trinajstić information content (AvgIpc) is 3.56. The third-order valence-corrected chi connectivity index (χ3v) is 7.68. The summed E-state index contributed by atoms with van der Waals surface area (Å²) in [5.74, 6) is 0.731. The van der Waals surface area contributed by atoms with E-state index in [1.807, 2.05) is 42.1 Å². The third-order valence-electron chi connectivity index (χ3n) is 7.68. The van der Waals surface area contributed by atoms with E-state index in [1.165, 1.54) is 6.07 Å². The van der Waals surface area contributed by atoms with E-state index in [-0.39, 0.29) is 17.4 Å². The number of halogens is 1. The van der Waals surface area contributed by atoms with Gasteiger partial charge in [-0.15, -0.1) is 0 Å². The Kier molecular flexibility index (Phi) is 9.16. The van der Waals surface area contributed by atoms with E-state index in [4.69, 9.17) is 4.74 Å². The van der Waals surface area contributed by atoms with Crippen molar-refractivity contribution in [2.24, 2.45) is 0 Å². The lowest BCUT2D eigenvalue weighted by atomic mass is 9.86. The van der Waals surface area contributed by atoms with Gasteiger partial charge < -0.3 is 24.2 Å². The molecule has 214 valence electrons. The summed E-state index contributed by atoms with van der Waals surface area (Å²) in [7, 11) is 7.38. The Hall–Kier alpha value is -3.83. The van der Waals surface area contributed by atoms with Gasteiger partial charge in [0, 0.05) is 37.0 Å². The minimum atomic E-state index is -0.333. The number of nitrogens with zero attached hydrogens (tertiary/aromatic N) is 6. The number of hydrogen-bond acceptors (Lipinski definition) is 7. The van der Waals surface area contributed by atoms with E-state index in [0.717, 1.165) is 48.9 Å². The van der Waals surface area contributed by atoms with Crippen LogP contribution in [0.3, 0.4) is 0 Å². The van der Waals surface area contributed by atoms with Crippen LogP contribution in [0.15, 0.2) is 42.7 Å². The van der Waals surface area contributed by atoms with Gasteiger partial charge in [-0.3, -0.25) is 10.00 Å². The molecule has 40 heavy (non-hydrogen) atoms. The van der Waals surface area contributed by atoms with Crippen LogP contribution in [0.4, 0.5) is 15.0 Å². The molecule has 0 aliphatic carbocycles. The fourth-order valence-electron chi connectivity index (χ4n) is 5.17. The maximum atomic E-state index is 14.3. The Labute approximate surface area is 234 Å². The average molecular weight is 552 g/mol. The monoisotopic (exact) mass is 551 g/mol. The number of H-pyrrole nitrogens is 1. The van der Waals surface area contributed by atoms with Gasteiger partial charge in [0.05, 0.1) is 31.9 Å². The summed E-state index contributed by atoms with van der Waals surface area (Å²) < 4.78 is 19.8. The van der Waals surface area contributed by atoms with Crippen LogP contribution in [0.2, 0.25) is 0 Å². The summed E-state index contributed by atoms with van der Waals surface area (Å²) in [5.41, 5.74) is 2.74. The fraction of sp³-hybridized carbons (Fsp3) is 0.448. The summed E-state index contributed by atoms with van der Waals surface area (Å²) in [5, 5.41) is 6.80. The summed E-state index contributed by atoms with van der Waals surface area (Å²) in [6.07, 6.45) is 6.06. The number of amides is 2. The van der Waals surface area contributed by atoms with Gasteiger partial charge in [-0.2, -0.15) is 10.1 Å². The lowest BCUT2D eigenvalue weighted by molar-refractivity contribution is -0.108. The summed E-state index contributed by atoms with van der Waals surface area (Å²) in [6.45, 7) is 5.00. The van der Waals surface area contributed by atoms with Crippen molar-refractivity contribution >= 4 is 18.1 Å². The Morgan fingerprint density at radius 3 is 2.55 bits per heavy atom. The van der Waals surface area contributed by atoms with Gasteiger partial charge in [-0.05, 0) is 70.2 Å². The van der Waals surface area contributed by atoms with Gasteiger partial charge in [0.2, 0.25) is 5.88 Å². The molecule has 2 fully saturated rings. The van der Waals surface area contributed by atoms with E-state index >= 15 is 0 Å². The Morgan fingerprint density at radius 2 is 1.95 bits per heavy atom. The number of rotatable bonds is 7. The Balaban J connectivity index is 0.000000557. The fourth-order valence-corrected chi connectivity index (χ4v) is 5.17. The Morgan fingerprint density at radius 1 is 1.20 bits per heavy atom. The number of piperidine rings is 1. The predicted octanol–water partition coefficient (Wildman–Crippen LogP) is 3.58. The number of ether oxygens (including phenoxy) is 1. The second-order valence-corrected chi connectivity index (χ2v) is 10.6. The number of anilines is 1. The molecular formula is C29H38FN7O3. The van der Waals surface area contributed by atoms with Crippen LogP contribution in [0.5, 0.6) is 5.88 Å². The molecule has 1 N–H and O–H groups in total. The van der Waals surface area contributed by atoms with Crippen LogP contribution in [-0.2, 0) is 11.3 Å². The van der Waals surface area contributed by atoms with Crippen LogP contribution < -0.4 is 9.64 Å². The van der Waals surface area contributed by atoms with Crippen LogP contribution >= 0.6 is 0 Å². The molecule has 0 unspecified atom stereocenters. The van der Waals surface area contributed by atoms with Gasteiger partial charge in [0.25, 0.3) is 0 Å². The van der Waals surface area contributed by atoms with Crippen LogP contribution in [0, 0.1) is 12.7 Å². The molecule has 4 heterocycles. The topological polar surface area (TPSA) is 97.9 Å². The van der Waals surface area contributed by atoms with Crippen molar-refractivity contribution in [2.45, 2.75) is 31.8 Å². The van der Waals surface area contributed by atoms with Crippen LogP contribution in [-0.4, -0.2) is 102 Å². The number of urea groups is 1. The molecule has 0 bridgehead atoms. The number of methoxy groups -OCH3 is 1. The maximum Gasteiger partial charge on any atom is 0.326 e. The molecule has 2 aromatic heterocycles. The smallest absolute Gasteiger partial charge is 0.326 e. The van der Waals surface area contributed by atoms with E-state index in [1.54, 1.807) is 37.4 Å². The number of benzene rings is 1. The molecule has 11 heteroatoms. The SMILES string of the molecule is CN(C)CC=O.COc1nc(N2CC3(CCN(C)CC3)N(Cc3cccc(F)c3C)C2=O)ccc1-c1cn[nH]c1. The third kappa shape index (κ3) is 6.15. The number of pyridine rings is 1. The second kappa shape index (κ2) is 12.6. The quantitative estimate of drug-likeness (QED) is 0.448. The maximum absolute atomic E-state index is 14.3. The highest BCUT2D eigenvalue weighted by molar-refractivity contribution is 5.95. The minimum absolute atomic E-state index is 0.112. The first kappa shape index (κ1) is 29.2. The molecule has 0 atom stereocenters. The molecule has 2 amide bonds. The van der Waals surface area contributed by atoms with E-state index < -0.39 is 0 Å². The van der Waals surface area contributed by atoms with Crippen LogP contribution in [0.1, 0.15) is 24.0 Å². The van der Waals surface area contributed by atoms with Gasteiger partial charge >= 0.3 is 6.03 Å². The number of aromatic amines is 1. The molecule has 2 aliphatic heterocycles. The first-order chi connectivity index (χ1) is 19.2. The predicted molar refractivity (Wildman–Crippen MR) is 152 cm³/mol. The normalized spacial score (nSPS) is 16.8. The molecule has 5 rings (SSSR count). The zero-order valence-corrected chi connectivity index (χ0v) is 23.9. The van der Waals surface area contributed by atoms with Gasteiger partial charge in [0.15, 0.2) is 0 Å². The highest BCUT2D eigenvalue weighted by Crippen LogP contribution is 2.40. The molecular weight excluding hydrogens is 513 g/mol. The molecule has 0 radical (unpaired) electrons. The molecule has 1 aromatic carbocycles. The molecule has 1 spiro atoms. The lowest BCUT2D eigenvalue weighted by Gasteiger charge is -2.43. The number of aldehydes is 1. The first-order valence-corrected chi connectivity index (χ1v) is 13.3. The summed E-state index contributed by atoms with van der Waals surface area (Å²) in [4.78, 5) is 35.9. The minimum Gasteiger partial charge on any atom is -0.480 e. The number of carbonyl (C=O) groups is 2. The van der Waals surface area contributed by atoms with Crippen molar-refractivity contribution < 1.29 is 18.7 Å².